The van der Waals surface area contributed by atoms with Gasteiger partial charge in [0.1, 0.15) is 11.6 Å². The van der Waals surface area contributed by atoms with Gasteiger partial charge in [-0.05, 0) is 32.0 Å². The number of hydrogen-bond donors (Lipinski definition) is 0. The predicted molar refractivity (Wildman–Crippen MR) is 70.2 cm³/mol. The highest BCUT2D eigenvalue weighted by Crippen LogP contribution is 2.22. The lowest BCUT2D eigenvalue weighted by atomic mass is 10.1. The van der Waals surface area contributed by atoms with Gasteiger partial charge in [-0.3, -0.25) is 4.79 Å². The fraction of sp³-hybridized carbons (Fsp3) is 0.533. The van der Waals surface area contributed by atoms with Gasteiger partial charge in [-0.2, -0.15) is 0 Å². The summed E-state index contributed by atoms with van der Waals surface area (Å²) in [6, 6.07) is 3.53. The average Bonchev–Trinajstić information content (AvgIpc) is 2.88. The van der Waals surface area contributed by atoms with Gasteiger partial charge >= 0.3 is 0 Å². The smallest absolute Gasteiger partial charge is 0.164 e. The summed E-state index contributed by atoms with van der Waals surface area (Å²) in [6.45, 7) is 0.641. The molecule has 1 aromatic carbocycles. The summed E-state index contributed by atoms with van der Waals surface area (Å²) in [4.78, 5) is 14.1. The molecule has 0 aliphatic heterocycles. The maximum Gasteiger partial charge on any atom is 0.164 e. The van der Waals surface area contributed by atoms with Crippen LogP contribution in [0.2, 0.25) is 0 Å². The summed E-state index contributed by atoms with van der Waals surface area (Å²) in [6.07, 6.45) is 5.16. The second-order valence-electron chi connectivity index (χ2n) is 5.25. The largest absolute Gasteiger partial charge is 0.303 e. The van der Waals surface area contributed by atoms with E-state index in [0.717, 1.165) is 18.2 Å². The van der Waals surface area contributed by atoms with Gasteiger partial charge in [0.05, 0.1) is 0 Å². The molecule has 0 spiro atoms. The first-order chi connectivity index (χ1) is 9.06. The number of hydrogen-bond acceptors (Lipinski definition) is 2. The molecule has 0 N–H and O–H groups in total. The molecule has 1 fully saturated rings. The van der Waals surface area contributed by atoms with Crippen molar-refractivity contribution >= 4 is 5.78 Å². The van der Waals surface area contributed by atoms with Crippen LogP contribution in [0.5, 0.6) is 0 Å². The van der Waals surface area contributed by atoms with Gasteiger partial charge in [0.15, 0.2) is 5.78 Å². The van der Waals surface area contributed by atoms with Crippen LogP contribution in [-0.4, -0.2) is 30.3 Å². The molecule has 0 bridgehead atoms. The van der Waals surface area contributed by atoms with Gasteiger partial charge in [-0.25, -0.2) is 8.78 Å². The van der Waals surface area contributed by atoms with Crippen molar-refractivity contribution in [2.75, 3.05) is 13.6 Å². The van der Waals surface area contributed by atoms with Gasteiger partial charge in [0.25, 0.3) is 0 Å². The van der Waals surface area contributed by atoms with Crippen LogP contribution in [0, 0.1) is 11.6 Å². The molecule has 0 unspecified atom stereocenters. The maximum absolute atomic E-state index is 13.0. The lowest BCUT2D eigenvalue weighted by Gasteiger charge is -2.23. The Morgan fingerprint density at radius 3 is 2.37 bits per heavy atom. The zero-order chi connectivity index (χ0) is 13.8. The SMILES string of the molecule is CN(CCC(=O)c1cc(F)cc(F)c1)C1CCCC1. The van der Waals surface area contributed by atoms with Gasteiger partial charge in [0.2, 0.25) is 0 Å². The van der Waals surface area contributed by atoms with Gasteiger partial charge in [0, 0.05) is 30.6 Å². The molecule has 2 nitrogen and oxygen atoms in total. The van der Waals surface area contributed by atoms with E-state index in [4.69, 9.17) is 0 Å². The molecule has 0 amide bonds. The lowest BCUT2D eigenvalue weighted by Crippen LogP contribution is -2.31. The first-order valence-corrected chi connectivity index (χ1v) is 6.76. The molecule has 1 aliphatic rings. The zero-order valence-corrected chi connectivity index (χ0v) is 11.2. The Labute approximate surface area is 112 Å². The third-order valence-electron chi connectivity index (χ3n) is 3.82. The Hall–Kier alpha value is -1.29. The van der Waals surface area contributed by atoms with E-state index in [-0.39, 0.29) is 11.3 Å². The molecule has 0 aromatic heterocycles. The summed E-state index contributed by atoms with van der Waals surface area (Å²) in [5.41, 5.74) is 0.123. The number of halogens is 2. The second kappa shape index (κ2) is 6.24. The Bertz CT molecular complexity index is 435. The third kappa shape index (κ3) is 3.83. The number of ketones is 1. The zero-order valence-electron chi connectivity index (χ0n) is 11.2. The van der Waals surface area contributed by atoms with Crippen molar-refractivity contribution in [1.29, 1.82) is 0 Å². The van der Waals surface area contributed by atoms with Gasteiger partial charge in [-0.15, -0.1) is 0 Å². The van der Waals surface area contributed by atoms with Crippen LogP contribution >= 0.6 is 0 Å². The molecule has 0 heterocycles. The molecular weight excluding hydrogens is 248 g/mol. The minimum Gasteiger partial charge on any atom is -0.303 e. The average molecular weight is 267 g/mol. The summed E-state index contributed by atoms with van der Waals surface area (Å²) in [5, 5.41) is 0. The van der Waals surface area contributed by atoms with Crippen LogP contribution in [0.4, 0.5) is 8.78 Å². The molecule has 2 rings (SSSR count). The van der Waals surface area contributed by atoms with Crippen LogP contribution in [0.25, 0.3) is 0 Å². The van der Waals surface area contributed by atoms with Crippen molar-refractivity contribution in [2.45, 2.75) is 38.1 Å². The topological polar surface area (TPSA) is 20.3 Å². The van der Waals surface area contributed by atoms with Crippen LogP contribution in [-0.2, 0) is 0 Å². The molecule has 4 heteroatoms. The molecular formula is C15H19F2NO. The molecule has 0 atom stereocenters. The van der Waals surface area contributed by atoms with Gasteiger partial charge in [-0.1, -0.05) is 12.8 Å². The molecule has 1 saturated carbocycles. The highest BCUT2D eigenvalue weighted by atomic mass is 19.1. The third-order valence-corrected chi connectivity index (χ3v) is 3.82. The summed E-state index contributed by atoms with van der Waals surface area (Å²) < 4.78 is 26.1. The minimum absolute atomic E-state index is 0.123. The molecule has 1 aliphatic carbocycles. The van der Waals surface area contributed by atoms with Crippen LogP contribution in [0.3, 0.4) is 0 Å². The Morgan fingerprint density at radius 2 is 1.79 bits per heavy atom. The number of carbonyl (C=O) groups is 1. The normalized spacial score (nSPS) is 16.2. The predicted octanol–water partition coefficient (Wildman–Crippen LogP) is 3.41. The monoisotopic (exact) mass is 267 g/mol. The van der Waals surface area contributed by atoms with Crippen molar-refractivity contribution in [2.24, 2.45) is 0 Å². The molecule has 0 radical (unpaired) electrons. The second-order valence-corrected chi connectivity index (χ2v) is 5.25. The van der Waals surface area contributed by atoms with E-state index in [1.807, 2.05) is 7.05 Å². The quantitative estimate of drug-likeness (QED) is 0.762. The number of Topliss-reactive ketones (excluding diaryl/α,β-unsaturated/α-hetero) is 1. The molecule has 104 valence electrons. The number of rotatable bonds is 5. The van der Waals surface area contributed by atoms with E-state index in [1.54, 1.807) is 0 Å². The van der Waals surface area contributed by atoms with Crippen LogP contribution < -0.4 is 0 Å². The van der Waals surface area contributed by atoms with E-state index in [1.165, 1.54) is 25.7 Å². The Kier molecular flexibility index (Phi) is 4.64. The van der Waals surface area contributed by atoms with Crippen molar-refractivity contribution in [1.82, 2.24) is 4.90 Å². The fourth-order valence-electron chi connectivity index (χ4n) is 2.66. The van der Waals surface area contributed by atoms with E-state index < -0.39 is 11.6 Å². The van der Waals surface area contributed by atoms with E-state index >= 15 is 0 Å². The molecule has 1 aromatic rings. The fourth-order valence-corrected chi connectivity index (χ4v) is 2.66. The Balaban J connectivity index is 1.89. The summed E-state index contributed by atoms with van der Waals surface area (Å²) in [7, 11) is 2.01. The molecule has 19 heavy (non-hydrogen) atoms. The molecule has 0 saturated heterocycles. The minimum atomic E-state index is -0.701. The Morgan fingerprint density at radius 1 is 1.21 bits per heavy atom. The van der Waals surface area contributed by atoms with E-state index in [9.17, 15) is 13.6 Å². The van der Waals surface area contributed by atoms with Crippen molar-refractivity contribution in [3.05, 3.63) is 35.4 Å². The van der Waals surface area contributed by atoms with E-state index in [2.05, 4.69) is 4.90 Å². The van der Waals surface area contributed by atoms with Crippen molar-refractivity contribution < 1.29 is 13.6 Å². The maximum atomic E-state index is 13.0. The van der Waals surface area contributed by atoms with E-state index in [0.29, 0.717) is 19.0 Å². The van der Waals surface area contributed by atoms with Crippen molar-refractivity contribution in [3.63, 3.8) is 0 Å². The van der Waals surface area contributed by atoms with Crippen LogP contribution in [0.15, 0.2) is 18.2 Å². The first-order valence-electron chi connectivity index (χ1n) is 6.76. The standard InChI is InChI=1S/C15H19F2NO/c1-18(14-4-2-3-5-14)7-6-15(19)11-8-12(16)10-13(17)9-11/h8-10,14H,2-7H2,1H3. The lowest BCUT2D eigenvalue weighted by molar-refractivity contribution is 0.0960. The highest BCUT2D eigenvalue weighted by molar-refractivity contribution is 5.96. The van der Waals surface area contributed by atoms with Crippen molar-refractivity contribution in [3.8, 4) is 0 Å². The van der Waals surface area contributed by atoms with Crippen LogP contribution in [0.1, 0.15) is 42.5 Å². The number of carbonyl (C=O) groups excluding carboxylic acids is 1. The number of nitrogens with zero attached hydrogens (tertiary/aromatic N) is 1. The highest BCUT2D eigenvalue weighted by Gasteiger charge is 2.20. The number of benzene rings is 1. The van der Waals surface area contributed by atoms with Gasteiger partial charge < -0.3 is 4.90 Å². The first kappa shape index (κ1) is 14.1. The summed E-state index contributed by atoms with van der Waals surface area (Å²) >= 11 is 0. The summed E-state index contributed by atoms with van der Waals surface area (Å²) in [5.74, 6) is -1.61.